The van der Waals surface area contributed by atoms with Crippen LogP contribution in [0.4, 0.5) is 8.78 Å². The maximum absolute atomic E-state index is 13.5. The maximum atomic E-state index is 13.5. The van der Waals surface area contributed by atoms with Crippen LogP contribution >= 0.6 is 0 Å². The predicted octanol–water partition coefficient (Wildman–Crippen LogP) is 4.21. The van der Waals surface area contributed by atoms with E-state index in [0.717, 1.165) is 12.8 Å². The van der Waals surface area contributed by atoms with Gasteiger partial charge in [-0.2, -0.15) is 4.39 Å². The Morgan fingerprint density at radius 1 is 1.06 bits per heavy atom. The highest BCUT2D eigenvalue weighted by atomic mass is 19.2. The number of rotatable bonds is 4. The average molecular weight is 228 g/mol. The molecule has 16 heavy (non-hydrogen) atoms. The lowest BCUT2D eigenvalue weighted by atomic mass is 9.92. The van der Waals surface area contributed by atoms with Crippen LogP contribution in [-0.4, -0.2) is 5.11 Å². The summed E-state index contributed by atoms with van der Waals surface area (Å²) in [6, 6.07) is 2.67. The quantitative estimate of drug-likeness (QED) is 0.818. The van der Waals surface area contributed by atoms with Gasteiger partial charge in [-0.05, 0) is 29.9 Å². The fourth-order valence-electron chi connectivity index (χ4n) is 1.67. The van der Waals surface area contributed by atoms with Gasteiger partial charge in [-0.1, -0.05) is 33.3 Å². The number of aromatic hydroxyl groups is 1. The largest absolute Gasteiger partial charge is 0.505 e. The van der Waals surface area contributed by atoms with Crippen LogP contribution in [0.25, 0.3) is 0 Å². The van der Waals surface area contributed by atoms with E-state index in [2.05, 4.69) is 13.8 Å². The van der Waals surface area contributed by atoms with E-state index in [1.54, 1.807) is 0 Å². The molecular weight excluding hydrogens is 210 g/mol. The summed E-state index contributed by atoms with van der Waals surface area (Å²) >= 11 is 0. The third kappa shape index (κ3) is 2.94. The molecule has 0 saturated heterocycles. The van der Waals surface area contributed by atoms with Crippen molar-refractivity contribution in [2.24, 2.45) is 5.92 Å². The molecule has 0 bridgehead atoms. The molecule has 1 aromatic rings. The molecule has 0 aliphatic heterocycles. The van der Waals surface area contributed by atoms with Crippen molar-refractivity contribution in [3.63, 3.8) is 0 Å². The minimum Gasteiger partial charge on any atom is -0.505 e. The second kappa shape index (κ2) is 5.28. The van der Waals surface area contributed by atoms with Crippen molar-refractivity contribution in [3.8, 4) is 5.75 Å². The molecule has 0 heterocycles. The molecular formula is C13H18F2O. The van der Waals surface area contributed by atoms with Crippen LogP contribution in [0, 0.1) is 17.6 Å². The van der Waals surface area contributed by atoms with Gasteiger partial charge in [-0.3, -0.25) is 0 Å². The molecule has 0 radical (unpaired) electrons. The number of hydrogen-bond acceptors (Lipinski definition) is 1. The summed E-state index contributed by atoms with van der Waals surface area (Å²) in [5, 5.41) is 9.01. The van der Waals surface area contributed by atoms with E-state index in [-0.39, 0.29) is 5.92 Å². The summed E-state index contributed by atoms with van der Waals surface area (Å²) < 4.78 is 26.6. The topological polar surface area (TPSA) is 20.2 Å². The molecule has 3 heteroatoms. The molecule has 0 amide bonds. The van der Waals surface area contributed by atoms with Gasteiger partial charge in [0, 0.05) is 0 Å². The maximum Gasteiger partial charge on any atom is 0.200 e. The van der Waals surface area contributed by atoms with Gasteiger partial charge in [0.1, 0.15) is 0 Å². The van der Waals surface area contributed by atoms with Crippen molar-refractivity contribution < 1.29 is 13.9 Å². The van der Waals surface area contributed by atoms with Crippen LogP contribution in [0.5, 0.6) is 5.75 Å². The summed E-state index contributed by atoms with van der Waals surface area (Å²) in [6.07, 6.45) is 1.79. The molecule has 0 aliphatic carbocycles. The number of hydrogen-bond donors (Lipinski definition) is 1. The number of benzene rings is 1. The Bertz CT molecular complexity index is 361. The zero-order valence-electron chi connectivity index (χ0n) is 9.93. The lowest BCUT2D eigenvalue weighted by Crippen LogP contribution is -2.01. The zero-order chi connectivity index (χ0) is 12.3. The molecule has 0 saturated carbocycles. The highest BCUT2D eigenvalue weighted by molar-refractivity contribution is 5.31. The van der Waals surface area contributed by atoms with Crippen molar-refractivity contribution in [1.82, 2.24) is 0 Å². The van der Waals surface area contributed by atoms with E-state index in [1.807, 2.05) is 6.92 Å². The molecule has 0 aliphatic rings. The SMILES string of the molecule is CC(C)CCC(C)c1ccc(O)c(F)c1F. The van der Waals surface area contributed by atoms with Crippen LogP contribution in [0.1, 0.15) is 45.1 Å². The predicted molar refractivity (Wildman–Crippen MR) is 60.5 cm³/mol. The van der Waals surface area contributed by atoms with Crippen LogP contribution in [0.2, 0.25) is 0 Å². The minimum atomic E-state index is -1.14. The minimum absolute atomic E-state index is 0.0301. The summed E-state index contributed by atoms with van der Waals surface area (Å²) in [4.78, 5) is 0. The van der Waals surface area contributed by atoms with E-state index in [0.29, 0.717) is 11.5 Å². The highest BCUT2D eigenvalue weighted by Gasteiger charge is 2.17. The van der Waals surface area contributed by atoms with Crippen molar-refractivity contribution in [2.45, 2.75) is 39.5 Å². The molecule has 0 spiro atoms. The van der Waals surface area contributed by atoms with Crippen LogP contribution in [0.15, 0.2) is 12.1 Å². The Balaban J connectivity index is 2.84. The number of phenolic OH excluding ortho intramolecular Hbond substituents is 1. The number of halogens is 2. The highest BCUT2D eigenvalue weighted by Crippen LogP contribution is 2.29. The molecule has 1 aromatic carbocycles. The summed E-state index contributed by atoms with van der Waals surface area (Å²) in [5.74, 6) is -2.17. The lowest BCUT2D eigenvalue weighted by Gasteiger charge is -2.14. The summed E-state index contributed by atoms with van der Waals surface area (Å²) in [6.45, 7) is 6.07. The molecule has 1 unspecified atom stereocenters. The third-order valence-corrected chi connectivity index (χ3v) is 2.80. The van der Waals surface area contributed by atoms with Gasteiger partial charge >= 0.3 is 0 Å². The Hall–Kier alpha value is -1.12. The normalized spacial score (nSPS) is 13.1. The summed E-state index contributed by atoms with van der Waals surface area (Å²) in [7, 11) is 0. The molecule has 0 fully saturated rings. The van der Waals surface area contributed by atoms with E-state index in [4.69, 9.17) is 5.11 Å². The van der Waals surface area contributed by atoms with Crippen molar-refractivity contribution >= 4 is 0 Å². The van der Waals surface area contributed by atoms with E-state index >= 15 is 0 Å². The Morgan fingerprint density at radius 2 is 1.69 bits per heavy atom. The first kappa shape index (κ1) is 12.9. The Morgan fingerprint density at radius 3 is 2.25 bits per heavy atom. The van der Waals surface area contributed by atoms with Crippen LogP contribution < -0.4 is 0 Å². The lowest BCUT2D eigenvalue weighted by molar-refractivity contribution is 0.399. The molecule has 1 rings (SSSR count). The molecule has 1 N–H and O–H groups in total. The molecule has 90 valence electrons. The fraction of sp³-hybridized carbons (Fsp3) is 0.538. The molecule has 0 aromatic heterocycles. The van der Waals surface area contributed by atoms with Gasteiger partial charge in [0.15, 0.2) is 11.6 Å². The van der Waals surface area contributed by atoms with E-state index in [9.17, 15) is 8.78 Å². The second-order valence-electron chi connectivity index (χ2n) is 4.67. The monoisotopic (exact) mass is 228 g/mol. The zero-order valence-corrected chi connectivity index (χ0v) is 9.93. The van der Waals surface area contributed by atoms with Crippen LogP contribution in [-0.2, 0) is 0 Å². The van der Waals surface area contributed by atoms with E-state index < -0.39 is 17.4 Å². The summed E-state index contributed by atoms with van der Waals surface area (Å²) in [5.41, 5.74) is 0.343. The first-order valence-electron chi connectivity index (χ1n) is 5.60. The van der Waals surface area contributed by atoms with Crippen LogP contribution in [0.3, 0.4) is 0 Å². The smallest absolute Gasteiger partial charge is 0.200 e. The first-order chi connectivity index (χ1) is 7.43. The third-order valence-electron chi connectivity index (χ3n) is 2.80. The van der Waals surface area contributed by atoms with Crippen molar-refractivity contribution in [2.75, 3.05) is 0 Å². The Labute approximate surface area is 95.1 Å². The fourth-order valence-corrected chi connectivity index (χ4v) is 1.67. The Kier molecular flexibility index (Phi) is 4.27. The van der Waals surface area contributed by atoms with Gasteiger partial charge in [-0.15, -0.1) is 0 Å². The van der Waals surface area contributed by atoms with E-state index in [1.165, 1.54) is 12.1 Å². The molecule has 1 nitrogen and oxygen atoms in total. The number of phenols is 1. The average Bonchev–Trinajstić information content (AvgIpc) is 2.23. The van der Waals surface area contributed by atoms with Gasteiger partial charge in [0.05, 0.1) is 0 Å². The first-order valence-corrected chi connectivity index (χ1v) is 5.60. The van der Waals surface area contributed by atoms with Crippen molar-refractivity contribution in [3.05, 3.63) is 29.3 Å². The standard InChI is InChI=1S/C13H18F2O/c1-8(2)4-5-9(3)10-6-7-11(16)13(15)12(10)14/h6-9,16H,4-5H2,1-3H3. The van der Waals surface area contributed by atoms with Gasteiger partial charge < -0.3 is 5.11 Å². The van der Waals surface area contributed by atoms with Gasteiger partial charge in [0.2, 0.25) is 5.82 Å². The van der Waals surface area contributed by atoms with Gasteiger partial charge in [0.25, 0.3) is 0 Å². The van der Waals surface area contributed by atoms with Gasteiger partial charge in [-0.25, -0.2) is 4.39 Å². The molecule has 1 atom stereocenters. The second-order valence-corrected chi connectivity index (χ2v) is 4.67. The van der Waals surface area contributed by atoms with Crippen molar-refractivity contribution in [1.29, 1.82) is 0 Å².